The smallest absolute Gasteiger partial charge is 0.410 e. The van der Waals surface area contributed by atoms with Crippen LogP contribution >= 0.6 is 0 Å². The molecule has 15 heavy (non-hydrogen) atoms. The van der Waals surface area contributed by atoms with Gasteiger partial charge in [0.2, 0.25) is 0 Å². The van der Waals surface area contributed by atoms with Gasteiger partial charge in [0.15, 0.2) is 0 Å². The van der Waals surface area contributed by atoms with Gasteiger partial charge in [-0.2, -0.15) is 0 Å². The molecule has 1 aromatic carbocycles. The maximum absolute atomic E-state index is 11.5. The molecule has 0 aromatic heterocycles. The Morgan fingerprint density at radius 3 is 2.53 bits per heavy atom. The summed E-state index contributed by atoms with van der Waals surface area (Å²) in [7, 11) is 0. The molecule has 80 valence electrons. The minimum atomic E-state index is -0.330. The average Bonchev–Trinajstić information content (AvgIpc) is 2.15. The third kappa shape index (κ3) is 2.27. The molecule has 1 aliphatic heterocycles. The van der Waals surface area contributed by atoms with Gasteiger partial charge in [-0.25, -0.2) is 4.79 Å². The number of carbonyl (C=O) groups excluding carboxylic acids is 1. The number of para-hydroxylation sites is 1. The van der Waals surface area contributed by atoms with Crippen LogP contribution in [0.1, 0.15) is 6.92 Å². The lowest BCUT2D eigenvalue weighted by Crippen LogP contribution is -2.67. The highest BCUT2D eigenvalue weighted by Gasteiger charge is 2.38. The first-order valence-corrected chi connectivity index (χ1v) is 4.87. The summed E-state index contributed by atoms with van der Waals surface area (Å²) in [4.78, 5) is 13.1. The summed E-state index contributed by atoms with van der Waals surface area (Å²) in [6.45, 7) is 3.02. The van der Waals surface area contributed by atoms with Gasteiger partial charge >= 0.3 is 6.09 Å². The zero-order valence-electron chi connectivity index (χ0n) is 8.64. The molecule has 1 aliphatic rings. The van der Waals surface area contributed by atoms with Crippen molar-refractivity contribution in [3.8, 4) is 5.75 Å². The van der Waals surface area contributed by atoms with Crippen LogP contribution in [0.25, 0.3) is 0 Å². The fourth-order valence-corrected chi connectivity index (χ4v) is 1.61. The number of benzene rings is 1. The molecule has 4 nitrogen and oxygen atoms in total. The Kier molecular flexibility index (Phi) is 2.36. The molecule has 0 atom stereocenters. The summed E-state index contributed by atoms with van der Waals surface area (Å²) < 4.78 is 5.14. The summed E-state index contributed by atoms with van der Waals surface area (Å²) in [6, 6.07) is 9.02. The first-order valence-electron chi connectivity index (χ1n) is 4.87. The SMILES string of the molecule is CC1(N)CN(C(=O)Oc2ccccc2)C1. The number of nitrogens with two attached hydrogens (primary N) is 1. The Morgan fingerprint density at radius 1 is 1.40 bits per heavy atom. The van der Waals surface area contributed by atoms with Crippen molar-refractivity contribution in [3.63, 3.8) is 0 Å². The topological polar surface area (TPSA) is 55.6 Å². The van der Waals surface area contributed by atoms with Gasteiger partial charge in [-0.05, 0) is 19.1 Å². The first-order chi connectivity index (χ1) is 7.07. The number of ether oxygens (including phenoxy) is 1. The molecular weight excluding hydrogens is 192 g/mol. The molecule has 1 fully saturated rings. The minimum absolute atomic E-state index is 0.254. The standard InChI is InChI=1S/C11H14N2O2/c1-11(12)7-13(8-11)10(14)15-9-5-3-2-4-6-9/h2-6H,7-8,12H2,1H3. The molecule has 1 aromatic rings. The van der Waals surface area contributed by atoms with Crippen molar-refractivity contribution in [2.24, 2.45) is 5.73 Å². The molecule has 2 N–H and O–H groups in total. The number of carbonyl (C=O) groups is 1. The van der Waals surface area contributed by atoms with E-state index in [1.165, 1.54) is 0 Å². The molecule has 0 spiro atoms. The van der Waals surface area contributed by atoms with E-state index in [-0.39, 0.29) is 11.6 Å². The highest BCUT2D eigenvalue weighted by atomic mass is 16.6. The number of hydrogen-bond acceptors (Lipinski definition) is 3. The van der Waals surface area contributed by atoms with Crippen LogP contribution in [0.5, 0.6) is 5.75 Å². The van der Waals surface area contributed by atoms with Crippen LogP contribution in [0.4, 0.5) is 4.79 Å². The molecule has 2 rings (SSSR count). The van der Waals surface area contributed by atoms with Crippen LogP contribution in [-0.2, 0) is 0 Å². The van der Waals surface area contributed by atoms with Crippen molar-refractivity contribution >= 4 is 6.09 Å². The molecule has 0 radical (unpaired) electrons. The van der Waals surface area contributed by atoms with Gasteiger partial charge in [0.1, 0.15) is 5.75 Å². The van der Waals surface area contributed by atoms with E-state index in [9.17, 15) is 4.79 Å². The number of likely N-dealkylation sites (tertiary alicyclic amines) is 1. The second-order valence-electron chi connectivity index (χ2n) is 4.19. The van der Waals surface area contributed by atoms with Gasteiger partial charge in [0.05, 0.1) is 0 Å². The Morgan fingerprint density at radius 2 is 2.00 bits per heavy atom. The van der Waals surface area contributed by atoms with Crippen molar-refractivity contribution in [1.82, 2.24) is 4.90 Å². The zero-order chi connectivity index (χ0) is 10.9. The third-order valence-corrected chi connectivity index (χ3v) is 2.31. The summed E-state index contributed by atoms with van der Waals surface area (Å²) in [5.41, 5.74) is 5.54. The van der Waals surface area contributed by atoms with Crippen molar-refractivity contribution in [2.75, 3.05) is 13.1 Å². The number of amides is 1. The highest BCUT2D eigenvalue weighted by molar-refractivity contribution is 5.72. The van der Waals surface area contributed by atoms with Crippen LogP contribution in [-0.4, -0.2) is 29.6 Å². The van der Waals surface area contributed by atoms with E-state index in [4.69, 9.17) is 10.5 Å². The monoisotopic (exact) mass is 206 g/mol. The zero-order valence-corrected chi connectivity index (χ0v) is 8.64. The van der Waals surface area contributed by atoms with Gasteiger partial charge in [0, 0.05) is 18.6 Å². The van der Waals surface area contributed by atoms with Crippen molar-refractivity contribution in [2.45, 2.75) is 12.5 Å². The van der Waals surface area contributed by atoms with Crippen molar-refractivity contribution in [3.05, 3.63) is 30.3 Å². The number of nitrogens with zero attached hydrogens (tertiary/aromatic N) is 1. The normalized spacial score (nSPS) is 18.1. The van der Waals surface area contributed by atoms with Gasteiger partial charge in [-0.1, -0.05) is 18.2 Å². The first kappa shape index (κ1) is 9.98. The van der Waals surface area contributed by atoms with Gasteiger partial charge in [-0.3, -0.25) is 0 Å². The van der Waals surface area contributed by atoms with Crippen LogP contribution in [0.15, 0.2) is 30.3 Å². The van der Waals surface area contributed by atoms with Crippen LogP contribution < -0.4 is 10.5 Å². The lowest BCUT2D eigenvalue weighted by molar-refractivity contribution is 0.0772. The fraction of sp³-hybridized carbons (Fsp3) is 0.364. The van der Waals surface area contributed by atoms with E-state index >= 15 is 0 Å². The van der Waals surface area contributed by atoms with E-state index in [0.717, 1.165) is 0 Å². The second-order valence-corrected chi connectivity index (χ2v) is 4.19. The van der Waals surface area contributed by atoms with Crippen LogP contribution in [0.3, 0.4) is 0 Å². The molecule has 1 heterocycles. The Bertz CT molecular complexity index is 354. The second kappa shape index (κ2) is 3.55. The predicted octanol–water partition coefficient (Wildman–Crippen LogP) is 1.22. The molecule has 1 saturated heterocycles. The molecule has 0 bridgehead atoms. The molecule has 4 heteroatoms. The van der Waals surface area contributed by atoms with Gasteiger partial charge in [-0.15, -0.1) is 0 Å². The quantitative estimate of drug-likeness (QED) is 0.751. The van der Waals surface area contributed by atoms with E-state index in [1.807, 2.05) is 25.1 Å². The predicted molar refractivity (Wildman–Crippen MR) is 56.6 cm³/mol. The van der Waals surface area contributed by atoms with E-state index in [2.05, 4.69) is 0 Å². The summed E-state index contributed by atoms with van der Waals surface area (Å²) >= 11 is 0. The maximum atomic E-state index is 11.5. The third-order valence-electron chi connectivity index (χ3n) is 2.31. The molecule has 0 saturated carbocycles. The van der Waals surface area contributed by atoms with Gasteiger partial charge in [0.25, 0.3) is 0 Å². The lowest BCUT2D eigenvalue weighted by atomic mass is 9.95. The summed E-state index contributed by atoms with van der Waals surface area (Å²) in [5.74, 6) is 0.563. The summed E-state index contributed by atoms with van der Waals surface area (Å²) in [5, 5.41) is 0. The summed E-state index contributed by atoms with van der Waals surface area (Å²) in [6.07, 6.45) is -0.330. The van der Waals surface area contributed by atoms with Crippen LogP contribution in [0.2, 0.25) is 0 Å². The molecule has 0 unspecified atom stereocenters. The molecule has 1 amide bonds. The Balaban J connectivity index is 1.89. The molecule has 0 aliphatic carbocycles. The van der Waals surface area contributed by atoms with Crippen molar-refractivity contribution in [1.29, 1.82) is 0 Å². The lowest BCUT2D eigenvalue weighted by Gasteiger charge is -2.44. The minimum Gasteiger partial charge on any atom is -0.410 e. The van der Waals surface area contributed by atoms with E-state index in [0.29, 0.717) is 18.8 Å². The van der Waals surface area contributed by atoms with Crippen molar-refractivity contribution < 1.29 is 9.53 Å². The molecular formula is C11H14N2O2. The highest BCUT2D eigenvalue weighted by Crippen LogP contribution is 2.19. The average molecular weight is 206 g/mol. The van der Waals surface area contributed by atoms with E-state index < -0.39 is 0 Å². The largest absolute Gasteiger partial charge is 0.415 e. The van der Waals surface area contributed by atoms with Crippen LogP contribution in [0, 0.1) is 0 Å². The fourth-order valence-electron chi connectivity index (χ4n) is 1.61. The van der Waals surface area contributed by atoms with Gasteiger partial charge < -0.3 is 15.4 Å². The Labute approximate surface area is 88.6 Å². The Hall–Kier alpha value is -1.55. The number of rotatable bonds is 1. The number of hydrogen-bond donors (Lipinski definition) is 1. The maximum Gasteiger partial charge on any atom is 0.415 e. The van der Waals surface area contributed by atoms with E-state index in [1.54, 1.807) is 17.0 Å².